The summed E-state index contributed by atoms with van der Waals surface area (Å²) in [5.41, 5.74) is 1.67. The molecule has 4 rings (SSSR count). The fourth-order valence-electron chi connectivity index (χ4n) is 4.28. The molecule has 1 fully saturated rings. The van der Waals surface area contributed by atoms with Gasteiger partial charge in [-0.05, 0) is 29.3 Å². The molecule has 2 aliphatic heterocycles. The fourth-order valence-corrected chi connectivity index (χ4v) is 4.28. The lowest BCUT2D eigenvalue weighted by Crippen LogP contribution is -2.43. The fraction of sp³-hybridized carbons (Fsp3) is 0.286. The minimum Gasteiger partial charge on any atom is -0.503 e. The van der Waals surface area contributed by atoms with Crippen LogP contribution in [-0.2, 0) is 14.3 Å². The first-order valence-electron chi connectivity index (χ1n) is 11.7. The molecule has 0 aliphatic carbocycles. The predicted octanol–water partition coefficient (Wildman–Crippen LogP) is 3.56. The van der Waals surface area contributed by atoms with E-state index in [1.807, 2.05) is 42.5 Å². The van der Waals surface area contributed by atoms with Crippen LogP contribution >= 0.6 is 0 Å². The molecule has 1 saturated heterocycles. The van der Waals surface area contributed by atoms with E-state index in [9.17, 15) is 14.7 Å². The molecule has 0 bridgehead atoms. The Kier molecular flexibility index (Phi) is 8.13. The summed E-state index contributed by atoms with van der Waals surface area (Å²) < 4.78 is 11.0. The van der Waals surface area contributed by atoms with Crippen LogP contribution in [0.2, 0.25) is 0 Å². The molecule has 1 N–H and O–H groups in total. The van der Waals surface area contributed by atoms with Crippen LogP contribution < -0.4 is 4.74 Å². The molecular weight excluding hydrogens is 444 g/mol. The topological polar surface area (TPSA) is 79.3 Å². The van der Waals surface area contributed by atoms with E-state index in [1.54, 1.807) is 29.2 Å². The van der Waals surface area contributed by atoms with E-state index in [-0.39, 0.29) is 5.57 Å². The molecule has 2 heterocycles. The van der Waals surface area contributed by atoms with Crippen LogP contribution in [0.3, 0.4) is 0 Å². The van der Waals surface area contributed by atoms with Crippen LogP contribution in [0.5, 0.6) is 5.75 Å². The number of amides is 1. The summed E-state index contributed by atoms with van der Waals surface area (Å²) in [6.07, 6.45) is 4.76. The number of rotatable bonds is 10. The quantitative estimate of drug-likeness (QED) is 0.419. The van der Waals surface area contributed by atoms with Crippen molar-refractivity contribution in [3.8, 4) is 5.75 Å². The molecule has 2 aliphatic rings. The SMILES string of the molecule is C=CCOc1ccc(C2C(C(=O)/C=C/c3ccccc3)=C(O)C(=O)N2CCN2CCOCC2)cc1. The van der Waals surface area contributed by atoms with Crippen LogP contribution in [0.15, 0.2) is 84.7 Å². The Bertz CT molecular complexity index is 1100. The van der Waals surface area contributed by atoms with Crippen molar-refractivity contribution in [3.63, 3.8) is 0 Å². The summed E-state index contributed by atoms with van der Waals surface area (Å²) in [7, 11) is 0. The van der Waals surface area contributed by atoms with Crippen molar-refractivity contribution < 1.29 is 24.2 Å². The first kappa shape index (κ1) is 24.4. The van der Waals surface area contributed by atoms with Gasteiger partial charge >= 0.3 is 0 Å². The number of ketones is 1. The highest BCUT2D eigenvalue weighted by Gasteiger charge is 2.42. The number of nitrogens with zero attached hydrogens (tertiary/aromatic N) is 2. The van der Waals surface area contributed by atoms with Crippen LogP contribution in [0.25, 0.3) is 6.08 Å². The lowest BCUT2D eigenvalue weighted by atomic mass is 9.95. The maximum absolute atomic E-state index is 13.3. The highest BCUT2D eigenvalue weighted by atomic mass is 16.5. The Balaban J connectivity index is 1.61. The second-order valence-corrected chi connectivity index (χ2v) is 8.39. The van der Waals surface area contributed by atoms with Gasteiger partial charge in [0.15, 0.2) is 11.5 Å². The number of hydrogen-bond donors (Lipinski definition) is 1. The molecule has 2 aromatic rings. The second-order valence-electron chi connectivity index (χ2n) is 8.39. The van der Waals surface area contributed by atoms with Crippen LogP contribution in [0, 0.1) is 0 Å². The van der Waals surface area contributed by atoms with Crippen molar-refractivity contribution in [2.45, 2.75) is 6.04 Å². The van der Waals surface area contributed by atoms with Gasteiger partial charge in [-0.1, -0.05) is 61.2 Å². The lowest BCUT2D eigenvalue weighted by Gasteiger charge is -2.31. The number of benzene rings is 2. The largest absolute Gasteiger partial charge is 0.503 e. The molecule has 0 aromatic heterocycles. The minimum atomic E-state index is -0.690. The molecule has 0 spiro atoms. The molecule has 0 radical (unpaired) electrons. The zero-order valence-corrected chi connectivity index (χ0v) is 19.6. The van der Waals surface area contributed by atoms with Crippen LogP contribution in [0.1, 0.15) is 17.2 Å². The van der Waals surface area contributed by atoms with Gasteiger partial charge in [0, 0.05) is 26.2 Å². The van der Waals surface area contributed by atoms with Gasteiger partial charge in [-0.15, -0.1) is 0 Å². The molecule has 2 aromatic carbocycles. The van der Waals surface area contributed by atoms with Crippen molar-refractivity contribution in [3.05, 3.63) is 95.8 Å². The Morgan fingerprint density at radius 3 is 2.49 bits per heavy atom. The molecule has 1 unspecified atom stereocenters. The molecule has 182 valence electrons. The van der Waals surface area contributed by atoms with Gasteiger partial charge in [-0.3, -0.25) is 14.5 Å². The van der Waals surface area contributed by atoms with Crippen molar-refractivity contribution in [2.75, 3.05) is 46.0 Å². The van der Waals surface area contributed by atoms with Gasteiger partial charge in [0.05, 0.1) is 24.8 Å². The number of hydrogen-bond acceptors (Lipinski definition) is 6. The number of allylic oxidation sites excluding steroid dienone is 1. The third-order valence-corrected chi connectivity index (χ3v) is 6.12. The van der Waals surface area contributed by atoms with Gasteiger partial charge < -0.3 is 19.5 Å². The van der Waals surface area contributed by atoms with Gasteiger partial charge in [0.25, 0.3) is 5.91 Å². The van der Waals surface area contributed by atoms with E-state index in [2.05, 4.69) is 11.5 Å². The lowest BCUT2D eigenvalue weighted by molar-refractivity contribution is -0.129. The first-order chi connectivity index (χ1) is 17.1. The summed E-state index contributed by atoms with van der Waals surface area (Å²) in [6, 6.07) is 16.0. The number of morpholine rings is 1. The Morgan fingerprint density at radius 1 is 1.09 bits per heavy atom. The Morgan fingerprint density at radius 2 is 1.80 bits per heavy atom. The van der Waals surface area contributed by atoms with E-state index >= 15 is 0 Å². The van der Waals surface area contributed by atoms with Crippen molar-refractivity contribution in [2.24, 2.45) is 0 Å². The normalized spacial score (nSPS) is 18.9. The zero-order chi connectivity index (χ0) is 24.6. The van der Waals surface area contributed by atoms with Gasteiger partial charge in [0.2, 0.25) is 0 Å². The number of ether oxygens (including phenoxy) is 2. The molecule has 1 amide bonds. The predicted molar refractivity (Wildman–Crippen MR) is 134 cm³/mol. The number of carbonyl (C=O) groups excluding carboxylic acids is 2. The van der Waals surface area contributed by atoms with E-state index in [0.717, 1.165) is 24.2 Å². The monoisotopic (exact) mass is 474 g/mol. The van der Waals surface area contributed by atoms with E-state index in [1.165, 1.54) is 6.08 Å². The highest BCUT2D eigenvalue weighted by molar-refractivity contribution is 6.14. The minimum absolute atomic E-state index is 0.0870. The summed E-state index contributed by atoms with van der Waals surface area (Å²) in [4.78, 5) is 30.2. The van der Waals surface area contributed by atoms with E-state index < -0.39 is 23.5 Å². The van der Waals surface area contributed by atoms with Crippen molar-refractivity contribution in [1.29, 1.82) is 0 Å². The van der Waals surface area contributed by atoms with Gasteiger partial charge in [0.1, 0.15) is 12.4 Å². The Hall–Kier alpha value is -3.68. The van der Waals surface area contributed by atoms with Crippen LogP contribution in [-0.4, -0.2) is 72.6 Å². The summed E-state index contributed by atoms with van der Waals surface area (Å²) in [5.74, 6) is -0.771. The third kappa shape index (κ3) is 5.88. The maximum atomic E-state index is 13.3. The summed E-state index contributed by atoms with van der Waals surface area (Å²) in [6.45, 7) is 7.91. The second kappa shape index (κ2) is 11.6. The summed E-state index contributed by atoms with van der Waals surface area (Å²) >= 11 is 0. The average Bonchev–Trinajstić information content (AvgIpc) is 3.16. The van der Waals surface area contributed by atoms with Crippen molar-refractivity contribution in [1.82, 2.24) is 9.80 Å². The highest BCUT2D eigenvalue weighted by Crippen LogP contribution is 2.38. The summed E-state index contributed by atoms with van der Waals surface area (Å²) in [5, 5.41) is 10.8. The molecule has 0 saturated carbocycles. The molecule has 7 nitrogen and oxygen atoms in total. The smallest absolute Gasteiger partial charge is 0.290 e. The van der Waals surface area contributed by atoms with E-state index in [0.29, 0.717) is 38.7 Å². The number of aliphatic hydroxyl groups excluding tert-OH is 1. The average molecular weight is 475 g/mol. The zero-order valence-electron chi connectivity index (χ0n) is 19.6. The van der Waals surface area contributed by atoms with Crippen LogP contribution in [0.4, 0.5) is 0 Å². The van der Waals surface area contributed by atoms with Gasteiger partial charge in [-0.25, -0.2) is 0 Å². The molecule has 1 atom stereocenters. The first-order valence-corrected chi connectivity index (χ1v) is 11.7. The molecule has 35 heavy (non-hydrogen) atoms. The number of carbonyl (C=O) groups is 2. The molecule has 7 heteroatoms. The van der Waals surface area contributed by atoms with E-state index in [4.69, 9.17) is 9.47 Å². The molecular formula is C28H30N2O5. The standard InChI is InChI=1S/C28H30N2O5/c1-2-18-35-23-11-9-22(10-12-23)26-25(24(31)13-8-21-6-4-3-5-7-21)27(32)28(33)30(26)15-14-29-16-19-34-20-17-29/h2-13,26,32H,1,14-20H2/b13-8+. The Labute approximate surface area is 205 Å². The maximum Gasteiger partial charge on any atom is 0.290 e. The third-order valence-electron chi connectivity index (χ3n) is 6.12. The van der Waals surface area contributed by atoms with Crippen molar-refractivity contribution >= 4 is 17.8 Å². The van der Waals surface area contributed by atoms with Gasteiger partial charge in [-0.2, -0.15) is 0 Å². The number of aliphatic hydroxyl groups is 1.